The molecule has 11 heteroatoms. The largest absolute Gasteiger partial charge is 0.419 e. The van der Waals surface area contributed by atoms with E-state index in [1.807, 2.05) is 25.1 Å². The van der Waals surface area contributed by atoms with E-state index in [2.05, 4.69) is 5.32 Å². The number of para-hydroxylation sites is 1. The van der Waals surface area contributed by atoms with Crippen LogP contribution in [-0.4, -0.2) is 24.1 Å². The van der Waals surface area contributed by atoms with Gasteiger partial charge in [0.2, 0.25) is 0 Å². The fourth-order valence-electron chi connectivity index (χ4n) is 4.59. The molecule has 222 valence electrons. The molecule has 43 heavy (non-hydrogen) atoms. The van der Waals surface area contributed by atoms with Crippen molar-refractivity contribution in [2.24, 2.45) is 0 Å². The van der Waals surface area contributed by atoms with Gasteiger partial charge in [0.15, 0.2) is 0 Å². The third-order valence-electron chi connectivity index (χ3n) is 6.87. The topological polar surface area (TPSA) is 105 Å². The first-order valence-electron chi connectivity index (χ1n) is 13.5. The number of benzene rings is 4. The van der Waals surface area contributed by atoms with Gasteiger partial charge in [0.25, 0.3) is 5.69 Å². The smallest absolute Gasteiger partial charge is 0.410 e. The van der Waals surface area contributed by atoms with Crippen LogP contribution in [0.15, 0.2) is 84.9 Å². The number of carbonyl (C=O) groups excluding carboxylic acids is 2. The Balaban J connectivity index is 1.67. The van der Waals surface area contributed by atoms with Gasteiger partial charge in [-0.1, -0.05) is 67.4 Å². The first kappa shape index (κ1) is 31.3. The highest BCUT2D eigenvalue weighted by molar-refractivity contribution is 6.32. The van der Waals surface area contributed by atoms with Crippen LogP contribution in [0.4, 0.5) is 32.3 Å². The van der Waals surface area contributed by atoms with Crippen molar-refractivity contribution in [1.29, 1.82) is 0 Å². The normalized spacial score (nSPS) is 10.6. The predicted octanol–water partition coefficient (Wildman–Crippen LogP) is 8.90. The van der Waals surface area contributed by atoms with Crippen molar-refractivity contribution in [3.05, 3.63) is 122 Å². The van der Waals surface area contributed by atoms with Crippen molar-refractivity contribution < 1.29 is 19.2 Å². The summed E-state index contributed by atoms with van der Waals surface area (Å²) in [5.41, 5.74) is 3.04. The van der Waals surface area contributed by atoms with E-state index in [0.717, 1.165) is 5.56 Å². The quantitative estimate of drug-likeness (QED) is 0.148. The van der Waals surface area contributed by atoms with Crippen molar-refractivity contribution in [2.75, 3.05) is 22.2 Å². The van der Waals surface area contributed by atoms with Crippen molar-refractivity contribution in [2.45, 2.75) is 33.2 Å². The average Bonchev–Trinajstić information content (AvgIpc) is 3.00. The number of hydrogen-bond donors (Lipinski definition) is 1. The fourth-order valence-corrected chi connectivity index (χ4v) is 5.05. The van der Waals surface area contributed by atoms with Gasteiger partial charge in [-0.15, -0.1) is 0 Å². The number of carbonyl (C=O) groups is 2. The lowest BCUT2D eigenvalue weighted by atomic mass is 10.0. The van der Waals surface area contributed by atoms with E-state index in [-0.39, 0.29) is 17.3 Å². The molecule has 4 aromatic carbocycles. The number of nitro benzene ring substituents is 1. The molecule has 0 saturated heterocycles. The second-order valence-electron chi connectivity index (χ2n) is 9.57. The summed E-state index contributed by atoms with van der Waals surface area (Å²) in [6.07, 6.45) is 0.195. The minimum Gasteiger partial charge on any atom is -0.410 e. The van der Waals surface area contributed by atoms with Gasteiger partial charge < -0.3 is 10.1 Å². The molecule has 0 spiro atoms. The maximum Gasteiger partial charge on any atom is 0.419 e. The maximum atomic E-state index is 13.9. The molecule has 0 atom stereocenters. The maximum absolute atomic E-state index is 13.9. The van der Waals surface area contributed by atoms with Crippen LogP contribution in [0.1, 0.15) is 30.5 Å². The van der Waals surface area contributed by atoms with Crippen LogP contribution in [0.5, 0.6) is 5.75 Å². The molecule has 9 nitrogen and oxygen atoms in total. The summed E-state index contributed by atoms with van der Waals surface area (Å²) in [5, 5.41) is 15.5. The number of nitrogens with zero attached hydrogens (tertiary/aromatic N) is 3. The number of hydrogen-bond acceptors (Lipinski definition) is 5. The molecule has 1 N–H and O–H groups in total. The zero-order chi connectivity index (χ0) is 31.1. The molecular weight excluding hydrogens is 591 g/mol. The Morgan fingerprint density at radius 2 is 1.49 bits per heavy atom. The summed E-state index contributed by atoms with van der Waals surface area (Å²) in [6, 6.07) is 23.4. The van der Waals surface area contributed by atoms with Gasteiger partial charge in [0.1, 0.15) is 5.75 Å². The SMILES string of the molecule is CCc1c(Cl)cc([N+](=O)[O-])c(CC)c1NC(=O)N(Cc1ccc(Cl)cc1)c1ccc(N(C)C(=O)Oc2ccccc2)cc1. The van der Waals surface area contributed by atoms with Crippen molar-refractivity contribution in [3.8, 4) is 5.75 Å². The van der Waals surface area contributed by atoms with Crippen LogP contribution < -0.4 is 19.9 Å². The molecule has 0 radical (unpaired) electrons. The number of anilines is 3. The van der Waals surface area contributed by atoms with Crippen molar-refractivity contribution in [1.82, 2.24) is 0 Å². The molecule has 0 bridgehead atoms. The molecule has 0 aliphatic rings. The molecule has 4 rings (SSSR count). The molecule has 4 aromatic rings. The van der Waals surface area contributed by atoms with Gasteiger partial charge in [0.05, 0.1) is 27.7 Å². The zero-order valence-corrected chi connectivity index (χ0v) is 25.4. The van der Waals surface area contributed by atoms with Gasteiger partial charge in [-0.3, -0.25) is 19.9 Å². The Kier molecular flexibility index (Phi) is 10.2. The van der Waals surface area contributed by atoms with Crippen LogP contribution in [0.3, 0.4) is 0 Å². The van der Waals surface area contributed by atoms with E-state index in [1.165, 1.54) is 15.9 Å². The molecule has 0 fully saturated rings. The van der Waals surface area contributed by atoms with Crippen LogP contribution in [-0.2, 0) is 19.4 Å². The number of ether oxygens (including phenoxy) is 1. The Bertz CT molecular complexity index is 1610. The Hall–Kier alpha value is -4.60. The molecule has 0 heterocycles. The molecule has 0 aliphatic heterocycles. The second-order valence-corrected chi connectivity index (χ2v) is 10.4. The standard InChI is InChI=1S/C32H30Cl2N4O5/c1-4-26-28(34)19-29(38(41)42)27(5-2)30(26)35-31(39)37(20-21-11-13-22(33)14-12-21)24-17-15-23(16-18-24)36(3)32(40)43-25-9-7-6-8-10-25/h6-19H,4-5,20H2,1-3H3,(H,35,39). The first-order chi connectivity index (χ1) is 20.6. The molecule has 0 saturated carbocycles. The highest BCUT2D eigenvalue weighted by Crippen LogP contribution is 2.37. The number of amides is 3. The summed E-state index contributed by atoms with van der Waals surface area (Å²) < 4.78 is 5.42. The summed E-state index contributed by atoms with van der Waals surface area (Å²) in [6.45, 7) is 3.82. The lowest BCUT2D eigenvalue weighted by molar-refractivity contribution is -0.385. The molecular formula is C32H30Cl2N4O5. The van der Waals surface area contributed by atoms with Gasteiger partial charge in [-0.2, -0.15) is 0 Å². The van der Waals surface area contributed by atoms with E-state index in [4.69, 9.17) is 27.9 Å². The highest BCUT2D eigenvalue weighted by Gasteiger charge is 2.26. The number of nitrogens with one attached hydrogen (secondary N) is 1. The lowest BCUT2D eigenvalue weighted by Crippen LogP contribution is -2.35. The Morgan fingerprint density at radius 1 is 0.884 bits per heavy atom. The average molecular weight is 622 g/mol. The summed E-state index contributed by atoms with van der Waals surface area (Å²) in [7, 11) is 1.59. The number of rotatable bonds is 9. The molecule has 0 aromatic heterocycles. The monoisotopic (exact) mass is 620 g/mol. The number of nitro groups is 1. The van der Waals surface area contributed by atoms with Crippen LogP contribution in [0.2, 0.25) is 10.0 Å². The zero-order valence-electron chi connectivity index (χ0n) is 23.8. The summed E-state index contributed by atoms with van der Waals surface area (Å²) >= 11 is 12.5. The lowest BCUT2D eigenvalue weighted by Gasteiger charge is -2.26. The van der Waals surface area contributed by atoms with Gasteiger partial charge >= 0.3 is 12.1 Å². The minimum atomic E-state index is -0.573. The Morgan fingerprint density at radius 3 is 2.07 bits per heavy atom. The predicted molar refractivity (Wildman–Crippen MR) is 171 cm³/mol. The van der Waals surface area contributed by atoms with Gasteiger partial charge in [0, 0.05) is 29.5 Å². The molecule has 0 unspecified atom stereocenters. The minimum absolute atomic E-state index is 0.154. The fraction of sp³-hybridized carbons (Fsp3) is 0.188. The number of halogens is 2. The number of urea groups is 1. The molecule has 3 amide bonds. The van der Waals surface area contributed by atoms with Crippen molar-refractivity contribution >= 4 is 58.1 Å². The third-order valence-corrected chi connectivity index (χ3v) is 7.46. The van der Waals surface area contributed by atoms with E-state index < -0.39 is 17.0 Å². The van der Waals surface area contributed by atoms with Gasteiger partial charge in [-0.25, -0.2) is 9.59 Å². The second kappa shape index (κ2) is 14.0. The Labute approximate surface area is 259 Å². The third kappa shape index (κ3) is 7.43. The van der Waals surface area contributed by atoms with Gasteiger partial charge in [-0.05, 0) is 72.5 Å². The van der Waals surface area contributed by atoms with E-state index in [0.29, 0.717) is 51.8 Å². The summed E-state index contributed by atoms with van der Waals surface area (Å²) in [4.78, 5) is 40.8. The first-order valence-corrected chi connectivity index (χ1v) is 14.3. The van der Waals surface area contributed by atoms with E-state index >= 15 is 0 Å². The van der Waals surface area contributed by atoms with E-state index in [9.17, 15) is 19.7 Å². The van der Waals surface area contributed by atoms with Crippen molar-refractivity contribution in [3.63, 3.8) is 0 Å². The molecule has 0 aliphatic carbocycles. The van der Waals surface area contributed by atoms with E-state index in [1.54, 1.807) is 74.6 Å². The highest BCUT2D eigenvalue weighted by atomic mass is 35.5. The van der Waals surface area contributed by atoms with Crippen LogP contribution in [0, 0.1) is 10.1 Å². The van der Waals surface area contributed by atoms with Crippen LogP contribution >= 0.6 is 23.2 Å². The summed E-state index contributed by atoms with van der Waals surface area (Å²) in [5.74, 6) is 0.418. The van der Waals surface area contributed by atoms with Crippen LogP contribution in [0.25, 0.3) is 0 Å².